The molecule has 1 aromatic heterocycles. The summed E-state index contributed by atoms with van der Waals surface area (Å²) in [7, 11) is 2.89. The van der Waals surface area contributed by atoms with Crippen LogP contribution < -0.4 is 15.4 Å². The number of hydrogen-bond donors (Lipinski definition) is 2. The third kappa shape index (κ3) is 4.52. The van der Waals surface area contributed by atoms with E-state index in [1.165, 1.54) is 7.11 Å². The van der Waals surface area contributed by atoms with Crippen molar-refractivity contribution in [2.24, 2.45) is 0 Å². The first kappa shape index (κ1) is 17.4. The van der Waals surface area contributed by atoms with Gasteiger partial charge in [-0.05, 0) is 30.7 Å². The summed E-state index contributed by atoms with van der Waals surface area (Å²) in [5.41, 5.74) is 1.28. The van der Waals surface area contributed by atoms with Crippen LogP contribution in [0.4, 0.5) is 4.79 Å². The summed E-state index contributed by atoms with van der Waals surface area (Å²) in [6, 6.07) is 8.64. The summed E-state index contributed by atoms with van der Waals surface area (Å²) in [4.78, 5) is 23.3. The van der Waals surface area contributed by atoms with Crippen LogP contribution in [-0.2, 0) is 17.8 Å². The molecule has 0 radical (unpaired) electrons. The number of amides is 2. The molecule has 0 unspecified atom stereocenters. The van der Waals surface area contributed by atoms with Gasteiger partial charge in [-0.3, -0.25) is 0 Å². The Bertz CT molecular complexity index is 724. The highest BCUT2D eigenvalue weighted by atomic mass is 16.5. The second-order valence-corrected chi connectivity index (χ2v) is 5.06. The number of hydrogen-bond acceptors (Lipinski definition) is 5. The number of ether oxygens (including phenoxy) is 2. The van der Waals surface area contributed by atoms with Crippen molar-refractivity contribution in [3.8, 4) is 5.75 Å². The molecule has 1 heterocycles. The van der Waals surface area contributed by atoms with Gasteiger partial charge in [0.2, 0.25) is 0 Å². The molecule has 0 aliphatic rings. The van der Waals surface area contributed by atoms with Gasteiger partial charge in [0.1, 0.15) is 22.8 Å². The van der Waals surface area contributed by atoms with Crippen molar-refractivity contribution < 1.29 is 23.5 Å². The smallest absolute Gasteiger partial charge is 0.341 e. The molecule has 0 saturated heterocycles. The third-order valence-electron chi connectivity index (χ3n) is 3.38. The number of aryl methyl sites for hydroxylation is 1. The van der Waals surface area contributed by atoms with Gasteiger partial charge >= 0.3 is 12.0 Å². The number of furan rings is 1. The van der Waals surface area contributed by atoms with Crippen LogP contribution >= 0.6 is 0 Å². The molecule has 0 atom stereocenters. The fourth-order valence-corrected chi connectivity index (χ4v) is 2.14. The number of nitrogens with one attached hydrogen (secondary N) is 2. The molecule has 0 aliphatic heterocycles. The minimum atomic E-state index is -0.468. The van der Waals surface area contributed by atoms with Gasteiger partial charge < -0.3 is 24.5 Å². The van der Waals surface area contributed by atoms with Gasteiger partial charge in [0.25, 0.3) is 0 Å². The molecule has 7 heteroatoms. The predicted octanol–water partition coefficient (Wildman–Crippen LogP) is 2.38. The molecule has 0 aliphatic carbocycles. The van der Waals surface area contributed by atoms with Crippen LogP contribution in [0.2, 0.25) is 0 Å². The highest BCUT2D eigenvalue weighted by Gasteiger charge is 2.15. The first-order valence-corrected chi connectivity index (χ1v) is 7.35. The molecule has 2 N–H and O–H groups in total. The summed E-state index contributed by atoms with van der Waals surface area (Å²) in [5, 5.41) is 5.41. The SMILES string of the molecule is COC(=O)c1cc(CNC(=O)NCc2cccc(OC)c2)oc1C. The van der Waals surface area contributed by atoms with Crippen LogP contribution in [0, 0.1) is 6.92 Å². The normalized spacial score (nSPS) is 10.1. The number of methoxy groups -OCH3 is 2. The standard InChI is InChI=1S/C17H20N2O5/c1-11-15(16(20)23-3)8-14(24-11)10-19-17(21)18-9-12-5-4-6-13(7-12)22-2/h4-8H,9-10H2,1-3H3,(H2,18,19,21). The highest BCUT2D eigenvalue weighted by molar-refractivity contribution is 5.90. The number of urea groups is 1. The molecule has 0 bridgehead atoms. The zero-order valence-corrected chi connectivity index (χ0v) is 13.8. The van der Waals surface area contributed by atoms with E-state index in [0.717, 1.165) is 11.3 Å². The zero-order chi connectivity index (χ0) is 17.5. The van der Waals surface area contributed by atoms with Gasteiger partial charge in [-0.25, -0.2) is 9.59 Å². The molecule has 7 nitrogen and oxygen atoms in total. The van der Waals surface area contributed by atoms with Crippen LogP contribution in [0.1, 0.15) is 27.4 Å². The van der Waals surface area contributed by atoms with E-state index in [4.69, 9.17) is 9.15 Å². The minimum Gasteiger partial charge on any atom is -0.497 e. The van der Waals surface area contributed by atoms with Crippen molar-refractivity contribution in [3.05, 3.63) is 53.0 Å². The van der Waals surface area contributed by atoms with Gasteiger partial charge in [-0.15, -0.1) is 0 Å². The van der Waals surface area contributed by atoms with E-state index in [1.54, 1.807) is 20.1 Å². The lowest BCUT2D eigenvalue weighted by Crippen LogP contribution is -2.34. The largest absolute Gasteiger partial charge is 0.497 e. The second kappa shape index (κ2) is 8.05. The average molecular weight is 332 g/mol. The molecule has 2 aromatic rings. The lowest BCUT2D eigenvalue weighted by atomic mass is 10.2. The lowest BCUT2D eigenvalue weighted by Gasteiger charge is -2.07. The Kier molecular flexibility index (Phi) is 5.83. The quantitative estimate of drug-likeness (QED) is 0.793. The van der Waals surface area contributed by atoms with Crippen LogP contribution in [0.25, 0.3) is 0 Å². The predicted molar refractivity (Wildman–Crippen MR) is 86.9 cm³/mol. The molecule has 0 fully saturated rings. The van der Waals surface area contributed by atoms with Gasteiger partial charge in [0.05, 0.1) is 20.8 Å². The summed E-state index contributed by atoms with van der Waals surface area (Å²) < 4.78 is 15.2. The van der Waals surface area contributed by atoms with Crippen molar-refractivity contribution in [2.45, 2.75) is 20.0 Å². The molecule has 24 heavy (non-hydrogen) atoms. The third-order valence-corrected chi connectivity index (χ3v) is 3.38. The Morgan fingerprint density at radius 3 is 2.58 bits per heavy atom. The van der Waals surface area contributed by atoms with E-state index >= 15 is 0 Å². The maximum atomic E-state index is 11.8. The Morgan fingerprint density at radius 1 is 1.12 bits per heavy atom. The van der Waals surface area contributed by atoms with Crippen LogP contribution in [0.15, 0.2) is 34.7 Å². The molecule has 128 valence electrons. The Balaban J connectivity index is 1.84. The Hall–Kier alpha value is -2.96. The maximum absolute atomic E-state index is 11.8. The van der Waals surface area contributed by atoms with E-state index in [2.05, 4.69) is 15.4 Å². The van der Waals surface area contributed by atoms with Crippen molar-refractivity contribution in [1.29, 1.82) is 0 Å². The molecular weight excluding hydrogens is 312 g/mol. The molecular formula is C17H20N2O5. The van der Waals surface area contributed by atoms with E-state index < -0.39 is 5.97 Å². The van der Waals surface area contributed by atoms with Crippen LogP contribution in [0.5, 0.6) is 5.75 Å². The second-order valence-electron chi connectivity index (χ2n) is 5.06. The van der Waals surface area contributed by atoms with Gasteiger partial charge in [-0.2, -0.15) is 0 Å². The number of rotatable bonds is 6. The number of esters is 1. The summed E-state index contributed by atoms with van der Waals surface area (Å²) >= 11 is 0. The van der Waals surface area contributed by atoms with E-state index in [-0.39, 0.29) is 12.6 Å². The van der Waals surface area contributed by atoms with Crippen molar-refractivity contribution in [3.63, 3.8) is 0 Å². The minimum absolute atomic E-state index is 0.168. The molecule has 0 spiro atoms. The molecule has 1 aromatic carbocycles. The number of carbonyl (C=O) groups is 2. The molecule has 0 saturated carbocycles. The highest BCUT2D eigenvalue weighted by Crippen LogP contribution is 2.15. The van der Waals surface area contributed by atoms with Crippen molar-refractivity contribution >= 4 is 12.0 Å². The van der Waals surface area contributed by atoms with Gasteiger partial charge in [-0.1, -0.05) is 12.1 Å². The van der Waals surface area contributed by atoms with Gasteiger partial charge in [0.15, 0.2) is 0 Å². The summed E-state index contributed by atoms with van der Waals surface area (Å²) in [6.07, 6.45) is 0. The monoisotopic (exact) mass is 332 g/mol. The summed E-state index contributed by atoms with van der Waals surface area (Å²) in [6.45, 7) is 2.20. The topological polar surface area (TPSA) is 89.8 Å². The molecule has 2 amide bonds. The molecule has 2 rings (SSSR count). The number of benzene rings is 1. The Labute approximate surface area is 139 Å². The lowest BCUT2D eigenvalue weighted by molar-refractivity contribution is 0.0598. The fraction of sp³-hybridized carbons (Fsp3) is 0.294. The van der Waals surface area contributed by atoms with E-state index in [9.17, 15) is 9.59 Å². The first-order valence-electron chi connectivity index (χ1n) is 7.35. The first-order chi connectivity index (χ1) is 11.5. The number of carbonyl (C=O) groups excluding carboxylic acids is 2. The summed E-state index contributed by atoms with van der Waals surface area (Å²) in [5.74, 6) is 1.20. The van der Waals surface area contributed by atoms with Crippen molar-refractivity contribution in [2.75, 3.05) is 14.2 Å². The van der Waals surface area contributed by atoms with Crippen molar-refractivity contribution in [1.82, 2.24) is 10.6 Å². The van der Waals surface area contributed by atoms with Gasteiger partial charge in [0, 0.05) is 6.54 Å². The van der Waals surface area contributed by atoms with E-state index in [1.807, 2.05) is 24.3 Å². The maximum Gasteiger partial charge on any atom is 0.341 e. The Morgan fingerprint density at radius 2 is 1.88 bits per heavy atom. The van der Waals surface area contributed by atoms with E-state index in [0.29, 0.717) is 23.6 Å². The van der Waals surface area contributed by atoms with Crippen LogP contribution in [0.3, 0.4) is 0 Å². The zero-order valence-electron chi connectivity index (χ0n) is 13.8. The average Bonchev–Trinajstić information content (AvgIpc) is 2.98. The fourth-order valence-electron chi connectivity index (χ4n) is 2.14. The van der Waals surface area contributed by atoms with Crippen LogP contribution in [-0.4, -0.2) is 26.2 Å².